The second-order valence-electron chi connectivity index (χ2n) is 7.55. The van der Waals surface area contributed by atoms with Crippen LogP contribution in [0.1, 0.15) is 33.6 Å². The fraction of sp³-hybridized carbons (Fsp3) is 0.600. The van der Waals surface area contributed by atoms with E-state index in [1.807, 2.05) is 26.8 Å². The Hall–Kier alpha value is -2.31. The molecule has 1 heterocycles. The lowest BCUT2D eigenvalue weighted by atomic mass is 9.92. The molecule has 0 unspecified atom stereocenters. The number of rotatable bonds is 6. The average Bonchev–Trinajstić information content (AvgIpc) is 2.66. The number of hydrogen-bond acceptors (Lipinski definition) is 3. The lowest BCUT2D eigenvalue weighted by Gasteiger charge is -2.35. The Morgan fingerprint density at radius 2 is 2.00 bits per heavy atom. The highest BCUT2D eigenvalue weighted by atomic mass is 19.1. The third kappa shape index (κ3) is 6.12. The smallest absolute Gasteiger partial charge is 0.227 e. The normalized spacial score (nSPS) is 16.2. The Morgan fingerprint density at radius 3 is 2.59 bits per heavy atom. The molecule has 27 heavy (non-hydrogen) atoms. The highest BCUT2D eigenvalue weighted by Gasteiger charge is 2.28. The first kappa shape index (κ1) is 21.0. The molecule has 3 N–H and O–H groups in total. The van der Waals surface area contributed by atoms with Crippen LogP contribution in [-0.2, 0) is 4.79 Å². The van der Waals surface area contributed by atoms with Crippen LogP contribution in [0.2, 0.25) is 0 Å². The standard InChI is InChI=1S/C20H32FN5O/c1-5-23-18(27)20(2,3)14-24-19(22-4)25-16-9-11-26(12-10-16)17-8-6-7-15(21)13-17/h6-8,13,16H,5,9-12,14H2,1-4H3,(H,23,27)(H2,22,24,25). The molecule has 150 valence electrons. The summed E-state index contributed by atoms with van der Waals surface area (Å²) in [5.74, 6) is 0.528. The third-order valence-electron chi connectivity index (χ3n) is 4.88. The Kier molecular flexibility index (Phi) is 7.45. The van der Waals surface area contributed by atoms with Crippen LogP contribution in [0.5, 0.6) is 0 Å². The van der Waals surface area contributed by atoms with Gasteiger partial charge >= 0.3 is 0 Å². The van der Waals surface area contributed by atoms with E-state index in [4.69, 9.17) is 0 Å². The largest absolute Gasteiger partial charge is 0.371 e. The first-order valence-corrected chi connectivity index (χ1v) is 9.61. The van der Waals surface area contributed by atoms with Gasteiger partial charge in [0.25, 0.3) is 0 Å². The maximum Gasteiger partial charge on any atom is 0.227 e. The van der Waals surface area contributed by atoms with Gasteiger partial charge in [-0.2, -0.15) is 0 Å². The molecule has 6 nitrogen and oxygen atoms in total. The van der Waals surface area contributed by atoms with Gasteiger partial charge in [0.1, 0.15) is 5.82 Å². The Bertz CT molecular complexity index is 654. The van der Waals surface area contributed by atoms with E-state index in [1.165, 1.54) is 6.07 Å². The number of carbonyl (C=O) groups is 1. The van der Waals surface area contributed by atoms with Crippen LogP contribution < -0.4 is 20.9 Å². The molecule has 1 aromatic carbocycles. The van der Waals surface area contributed by atoms with E-state index in [0.29, 0.717) is 25.1 Å². The van der Waals surface area contributed by atoms with Crippen molar-refractivity contribution in [3.05, 3.63) is 30.1 Å². The number of piperidine rings is 1. The number of hydrogen-bond donors (Lipinski definition) is 3. The fourth-order valence-corrected chi connectivity index (χ4v) is 3.13. The van der Waals surface area contributed by atoms with Crippen molar-refractivity contribution in [1.29, 1.82) is 0 Å². The van der Waals surface area contributed by atoms with Crippen molar-refractivity contribution in [3.63, 3.8) is 0 Å². The van der Waals surface area contributed by atoms with E-state index in [2.05, 4.69) is 25.8 Å². The number of nitrogens with zero attached hydrogens (tertiary/aromatic N) is 2. The van der Waals surface area contributed by atoms with E-state index in [1.54, 1.807) is 19.2 Å². The van der Waals surface area contributed by atoms with E-state index in [0.717, 1.165) is 31.6 Å². The van der Waals surface area contributed by atoms with Crippen LogP contribution in [0.3, 0.4) is 0 Å². The summed E-state index contributed by atoms with van der Waals surface area (Å²) in [7, 11) is 1.73. The number of benzene rings is 1. The number of halogens is 1. The lowest BCUT2D eigenvalue weighted by molar-refractivity contribution is -0.128. The third-order valence-corrected chi connectivity index (χ3v) is 4.88. The zero-order valence-corrected chi connectivity index (χ0v) is 16.8. The monoisotopic (exact) mass is 377 g/mol. The van der Waals surface area contributed by atoms with Gasteiger partial charge in [0.2, 0.25) is 5.91 Å². The number of nitrogens with one attached hydrogen (secondary N) is 3. The Balaban J connectivity index is 1.81. The second kappa shape index (κ2) is 9.58. The summed E-state index contributed by atoms with van der Waals surface area (Å²) < 4.78 is 13.4. The first-order chi connectivity index (χ1) is 12.9. The topological polar surface area (TPSA) is 68.8 Å². The van der Waals surface area contributed by atoms with Crippen LogP contribution in [0.4, 0.5) is 10.1 Å². The number of amides is 1. The summed E-state index contributed by atoms with van der Waals surface area (Å²) in [5.41, 5.74) is 0.411. The van der Waals surface area contributed by atoms with Crippen molar-refractivity contribution in [2.75, 3.05) is 38.1 Å². The molecule has 0 aromatic heterocycles. The van der Waals surface area contributed by atoms with Gasteiger partial charge in [-0.15, -0.1) is 0 Å². The lowest BCUT2D eigenvalue weighted by Crippen LogP contribution is -2.52. The highest BCUT2D eigenvalue weighted by Crippen LogP contribution is 2.20. The van der Waals surface area contributed by atoms with Crippen LogP contribution in [0, 0.1) is 11.2 Å². The van der Waals surface area contributed by atoms with Gasteiger partial charge in [0.15, 0.2) is 5.96 Å². The van der Waals surface area contributed by atoms with Crippen LogP contribution >= 0.6 is 0 Å². The molecule has 0 bridgehead atoms. The number of guanidine groups is 1. The molecule has 1 fully saturated rings. The summed E-state index contributed by atoms with van der Waals surface area (Å²) in [5, 5.41) is 9.56. The van der Waals surface area contributed by atoms with Gasteiger partial charge in [-0.1, -0.05) is 6.07 Å². The van der Waals surface area contributed by atoms with Crippen LogP contribution in [0.25, 0.3) is 0 Å². The number of anilines is 1. The Labute approximate surface area is 161 Å². The predicted octanol–water partition coefficient (Wildman–Crippen LogP) is 2.12. The molecule has 1 aliphatic rings. The SMILES string of the molecule is CCNC(=O)C(C)(C)CNC(=NC)NC1CCN(c2cccc(F)c2)CC1. The molecule has 7 heteroatoms. The van der Waals surface area contributed by atoms with Crippen molar-refractivity contribution in [2.45, 2.75) is 39.7 Å². The minimum atomic E-state index is -0.519. The first-order valence-electron chi connectivity index (χ1n) is 9.61. The van der Waals surface area contributed by atoms with E-state index in [9.17, 15) is 9.18 Å². The average molecular weight is 378 g/mol. The summed E-state index contributed by atoms with van der Waals surface area (Å²) in [4.78, 5) is 18.6. The number of carbonyl (C=O) groups excluding carboxylic acids is 1. The minimum Gasteiger partial charge on any atom is -0.371 e. The van der Waals surface area contributed by atoms with Gasteiger partial charge < -0.3 is 20.9 Å². The molecular weight excluding hydrogens is 345 g/mol. The predicted molar refractivity (Wildman–Crippen MR) is 109 cm³/mol. The van der Waals surface area contributed by atoms with Crippen molar-refractivity contribution in [3.8, 4) is 0 Å². The van der Waals surface area contributed by atoms with Gasteiger partial charge in [-0.3, -0.25) is 9.79 Å². The van der Waals surface area contributed by atoms with Crippen molar-refractivity contribution in [1.82, 2.24) is 16.0 Å². The van der Waals surface area contributed by atoms with Crippen molar-refractivity contribution < 1.29 is 9.18 Å². The zero-order valence-electron chi connectivity index (χ0n) is 16.8. The summed E-state index contributed by atoms with van der Waals surface area (Å²) in [6, 6.07) is 7.04. The molecule has 0 saturated carbocycles. The molecule has 0 spiro atoms. The number of aliphatic imine (C=N–C) groups is 1. The summed E-state index contributed by atoms with van der Waals surface area (Å²) in [6.45, 7) is 8.59. The maximum absolute atomic E-state index is 13.4. The Morgan fingerprint density at radius 1 is 1.30 bits per heavy atom. The summed E-state index contributed by atoms with van der Waals surface area (Å²) >= 11 is 0. The van der Waals surface area contributed by atoms with Gasteiger partial charge in [0, 0.05) is 45.0 Å². The van der Waals surface area contributed by atoms with Gasteiger partial charge in [-0.25, -0.2) is 4.39 Å². The molecule has 0 radical (unpaired) electrons. The van der Waals surface area contributed by atoms with Crippen molar-refractivity contribution >= 4 is 17.6 Å². The van der Waals surface area contributed by atoms with E-state index >= 15 is 0 Å². The zero-order chi connectivity index (χ0) is 19.9. The maximum atomic E-state index is 13.4. The quantitative estimate of drug-likeness (QED) is 0.525. The van der Waals surface area contributed by atoms with E-state index in [-0.39, 0.29) is 11.7 Å². The van der Waals surface area contributed by atoms with Crippen LogP contribution in [-0.4, -0.2) is 51.1 Å². The fourth-order valence-electron chi connectivity index (χ4n) is 3.13. The molecule has 1 aromatic rings. The molecule has 0 aliphatic carbocycles. The van der Waals surface area contributed by atoms with Gasteiger partial charge in [0.05, 0.1) is 5.41 Å². The van der Waals surface area contributed by atoms with Crippen LogP contribution in [0.15, 0.2) is 29.3 Å². The van der Waals surface area contributed by atoms with Gasteiger partial charge in [-0.05, 0) is 51.8 Å². The molecule has 0 atom stereocenters. The molecular formula is C20H32FN5O. The molecule has 1 aliphatic heterocycles. The molecule has 1 amide bonds. The molecule has 1 saturated heterocycles. The summed E-state index contributed by atoms with van der Waals surface area (Å²) in [6.07, 6.45) is 1.88. The minimum absolute atomic E-state index is 0.0244. The molecule has 2 rings (SSSR count). The highest BCUT2D eigenvalue weighted by molar-refractivity contribution is 5.84. The van der Waals surface area contributed by atoms with E-state index < -0.39 is 5.41 Å². The second-order valence-corrected chi connectivity index (χ2v) is 7.55. The van der Waals surface area contributed by atoms with Crippen molar-refractivity contribution in [2.24, 2.45) is 10.4 Å².